The van der Waals surface area contributed by atoms with E-state index in [-0.39, 0.29) is 35.4 Å². The molecule has 5 heteroatoms. The molecule has 4 unspecified atom stereocenters. The average molecular weight is 276 g/mol. The Bertz CT molecular complexity index is 532. The first-order valence-corrected chi connectivity index (χ1v) is 7.06. The summed E-state index contributed by atoms with van der Waals surface area (Å²) < 4.78 is 5.69. The van der Waals surface area contributed by atoms with Crippen LogP contribution in [-0.2, 0) is 4.74 Å². The third-order valence-electron chi connectivity index (χ3n) is 4.46. The molecule has 4 atom stereocenters. The second kappa shape index (κ2) is 5.07. The topological polar surface area (TPSA) is 84.6 Å². The Kier molecular flexibility index (Phi) is 3.40. The van der Waals surface area contributed by atoms with Gasteiger partial charge in [-0.05, 0) is 31.4 Å². The van der Waals surface area contributed by atoms with Crippen LogP contribution in [0.4, 0.5) is 0 Å². The van der Waals surface area contributed by atoms with Gasteiger partial charge in [-0.3, -0.25) is 4.79 Å². The lowest BCUT2D eigenvalue weighted by Gasteiger charge is -2.52. The van der Waals surface area contributed by atoms with Gasteiger partial charge in [-0.1, -0.05) is 12.1 Å². The Labute approximate surface area is 118 Å². The zero-order valence-corrected chi connectivity index (χ0v) is 11.5. The van der Waals surface area contributed by atoms with Crippen molar-refractivity contribution in [2.24, 2.45) is 11.7 Å². The van der Waals surface area contributed by atoms with Crippen molar-refractivity contribution >= 4 is 5.91 Å². The number of phenolic OH excluding ortho intramolecular Hbond substituents is 1. The number of nitrogens with two attached hydrogens (primary N) is 1. The van der Waals surface area contributed by atoms with Gasteiger partial charge in [0, 0.05) is 18.6 Å². The third kappa shape index (κ3) is 2.07. The van der Waals surface area contributed by atoms with Crippen molar-refractivity contribution in [2.75, 3.05) is 6.61 Å². The Balaban J connectivity index is 1.72. The van der Waals surface area contributed by atoms with Crippen molar-refractivity contribution in [3.63, 3.8) is 0 Å². The summed E-state index contributed by atoms with van der Waals surface area (Å²) in [6.45, 7) is 2.50. The van der Waals surface area contributed by atoms with Gasteiger partial charge in [0.15, 0.2) is 0 Å². The Morgan fingerprint density at radius 2 is 2.30 bits per heavy atom. The lowest BCUT2D eigenvalue weighted by atomic mass is 9.68. The molecule has 108 valence electrons. The van der Waals surface area contributed by atoms with E-state index in [1.165, 1.54) is 0 Å². The van der Waals surface area contributed by atoms with Gasteiger partial charge < -0.3 is 20.9 Å². The number of para-hydroxylation sites is 1. The molecule has 5 nitrogen and oxygen atoms in total. The molecule has 0 radical (unpaired) electrons. The molecule has 0 bridgehead atoms. The molecule has 1 saturated heterocycles. The molecule has 1 heterocycles. The summed E-state index contributed by atoms with van der Waals surface area (Å²) in [5.74, 6) is 0.0819. The van der Waals surface area contributed by atoms with E-state index in [2.05, 4.69) is 5.32 Å². The van der Waals surface area contributed by atoms with Gasteiger partial charge >= 0.3 is 0 Å². The van der Waals surface area contributed by atoms with E-state index in [0.29, 0.717) is 11.5 Å². The molecule has 3 rings (SSSR count). The zero-order valence-electron chi connectivity index (χ0n) is 11.5. The monoisotopic (exact) mass is 276 g/mol. The Morgan fingerprint density at radius 3 is 3.10 bits per heavy atom. The summed E-state index contributed by atoms with van der Waals surface area (Å²) >= 11 is 0. The number of carbonyl (C=O) groups is 1. The summed E-state index contributed by atoms with van der Waals surface area (Å²) in [6, 6.07) is 4.91. The Morgan fingerprint density at radius 1 is 1.50 bits per heavy atom. The number of rotatable bonds is 2. The van der Waals surface area contributed by atoms with Crippen LogP contribution in [0.3, 0.4) is 0 Å². The van der Waals surface area contributed by atoms with Crippen molar-refractivity contribution in [1.82, 2.24) is 5.32 Å². The summed E-state index contributed by atoms with van der Waals surface area (Å²) in [7, 11) is 0. The normalized spacial score (nSPS) is 32.1. The van der Waals surface area contributed by atoms with E-state index in [1.54, 1.807) is 25.1 Å². The van der Waals surface area contributed by atoms with Crippen LogP contribution >= 0.6 is 0 Å². The van der Waals surface area contributed by atoms with Crippen molar-refractivity contribution in [2.45, 2.75) is 38.0 Å². The number of carbonyl (C=O) groups excluding carboxylic acids is 1. The van der Waals surface area contributed by atoms with Gasteiger partial charge in [0.05, 0.1) is 17.7 Å². The minimum Gasteiger partial charge on any atom is -0.507 e. The standard InChI is InChI=1S/C15H20N2O3/c1-8-4-2-5-10(13(8)18)15(19)17-12-11(16)9-6-3-7-20-14(9)12/h2,4-5,9,11-12,14,18H,3,6-7,16H2,1H3,(H,17,19). The maximum absolute atomic E-state index is 12.3. The molecule has 20 heavy (non-hydrogen) atoms. The third-order valence-corrected chi connectivity index (χ3v) is 4.46. The average Bonchev–Trinajstić information content (AvgIpc) is 2.47. The van der Waals surface area contributed by atoms with Crippen molar-refractivity contribution in [3.8, 4) is 5.75 Å². The lowest BCUT2D eigenvalue weighted by molar-refractivity contribution is -0.117. The smallest absolute Gasteiger partial charge is 0.255 e. The van der Waals surface area contributed by atoms with Crippen molar-refractivity contribution < 1.29 is 14.6 Å². The van der Waals surface area contributed by atoms with Crippen LogP contribution in [0.15, 0.2) is 18.2 Å². The number of hydrogen-bond donors (Lipinski definition) is 3. The van der Waals surface area contributed by atoms with Crippen LogP contribution in [0, 0.1) is 12.8 Å². The number of benzene rings is 1. The summed E-state index contributed by atoms with van der Waals surface area (Å²) in [5.41, 5.74) is 7.09. The van der Waals surface area contributed by atoms with Crippen LogP contribution in [0.25, 0.3) is 0 Å². The minimum absolute atomic E-state index is 0.0228. The van der Waals surface area contributed by atoms with Crippen molar-refractivity contribution in [3.05, 3.63) is 29.3 Å². The van der Waals surface area contributed by atoms with Crippen LogP contribution in [-0.4, -0.2) is 35.8 Å². The van der Waals surface area contributed by atoms with Gasteiger partial charge in [-0.25, -0.2) is 0 Å². The van der Waals surface area contributed by atoms with E-state index in [4.69, 9.17) is 10.5 Å². The number of amides is 1. The molecule has 1 saturated carbocycles. The number of phenols is 1. The fraction of sp³-hybridized carbons (Fsp3) is 0.533. The van der Waals surface area contributed by atoms with Gasteiger partial charge in [0.25, 0.3) is 5.91 Å². The van der Waals surface area contributed by atoms with Crippen molar-refractivity contribution in [1.29, 1.82) is 0 Å². The van der Waals surface area contributed by atoms with Crippen LogP contribution in [0.2, 0.25) is 0 Å². The second-order valence-corrected chi connectivity index (χ2v) is 5.69. The number of nitrogens with one attached hydrogen (secondary N) is 1. The molecular weight excluding hydrogens is 256 g/mol. The highest BCUT2D eigenvalue weighted by Crippen LogP contribution is 2.37. The summed E-state index contributed by atoms with van der Waals surface area (Å²) in [6.07, 6.45) is 2.12. The number of hydrogen-bond acceptors (Lipinski definition) is 4. The van der Waals surface area contributed by atoms with Gasteiger partial charge in [-0.2, -0.15) is 0 Å². The first-order chi connectivity index (χ1) is 9.59. The molecule has 0 aromatic heterocycles. The van der Waals surface area contributed by atoms with Crippen LogP contribution < -0.4 is 11.1 Å². The minimum atomic E-state index is -0.292. The highest BCUT2D eigenvalue weighted by molar-refractivity contribution is 5.97. The van der Waals surface area contributed by atoms with E-state index in [9.17, 15) is 9.90 Å². The zero-order chi connectivity index (χ0) is 14.3. The fourth-order valence-electron chi connectivity index (χ4n) is 3.20. The van der Waals surface area contributed by atoms with E-state index < -0.39 is 0 Å². The molecule has 1 aromatic rings. The fourth-order valence-corrected chi connectivity index (χ4v) is 3.20. The lowest BCUT2D eigenvalue weighted by Crippen LogP contribution is -2.72. The number of aryl methyl sites for hydroxylation is 1. The second-order valence-electron chi connectivity index (χ2n) is 5.69. The van der Waals surface area contributed by atoms with E-state index in [1.807, 2.05) is 0 Å². The molecule has 2 fully saturated rings. The molecule has 1 amide bonds. The highest BCUT2D eigenvalue weighted by atomic mass is 16.5. The number of aromatic hydroxyl groups is 1. The van der Waals surface area contributed by atoms with E-state index in [0.717, 1.165) is 19.4 Å². The maximum Gasteiger partial charge on any atom is 0.255 e. The predicted molar refractivity (Wildman–Crippen MR) is 74.5 cm³/mol. The highest BCUT2D eigenvalue weighted by Gasteiger charge is 2.51. The largest absolute Gasteiger partial charge is 0.507 e. The molecule has 0 spiro atoms. The molecule has 4 N–H and O–H groups in total. The van der Waals surface area contributed by atoms with Gasteiger partial charge in [0.2, 0.25) is 0 Å². The predicted octanol–water partition coefficient (Wildman–Crippen LogP) is 0.935. The van der Waals surface area contributed by atoms with Crippen LogP contribution in [0.1, 0.15) is 28.8 Å². The van der Waals surface area contributed by atoms with Gasteiger partial charge in [0.1, 0.15) is 5.75 Å². The summed E-state index contributed by atoms with van der Waals surface area (Å²) in [4.78, 5) is 12.3. The quantitative estimate of drug-likeness (QED) is 0.750. The molecule has 1 aliphatic heterocycles. The SMILES string of the molecule is Cc1cccc(C(=O)NC2C(N)C3CCCOC32)c1O. The molecule has 1 aliphatic carbocycles. The number of ether oxygens (including phenoxy) is 1. The van der Waals surface area contributed by atoms with E-state index >= 15 is 0 Å². The number of fused-ring (bicyclic) bond motifs is 1. The molecular formula is C15H20N2O3. The van der Waals surface area contributed by atoms with Crippen LogP contribution in [0.5, 0.6) is 5.75 Å². The summed E-state index contributed by atoms with van der Waals surface area (Å²) in [5, 5.41) is 12.8. The molecule has 1 aromatic carbocycles. The molecule has 2 aliphatic rings. The van der Waals surface area contributed by atoms with Gasteiger partial charge in [-0.15, -0.1) is 0 Å². The Hall–Kier alpha value is -1.59. The first-order valence-electron chi connectivity index (χ1n) is 7.06. The first kappa shape index (κ1) is 13.4. The maximum atomic E-state index is 12.3.